The summed E-state index contributed by atoms with van der Waals surface area (Å²) in [4.78, 5) is 27.9. The van der Waals surface area contributed by atoms with Gasteiger partial charge in [-0.1, -0.05) is 202 Å². The van der Waals surface area contributed by atoms with E-state index in [-0.39, 0.29) is 12.1 Å². The molecule has 0 aromatic carbocycles. The zero-order valence-electron chi connectivity index (χ0n) is 57.1. The fourth-order valence-corrected chi connectivity index (χ4v) is 21.7. The van der Waals surface area contributed by atoms with Crippen molar-refractivity contribution in [2.75, 3.05) is 0 Å². The van der Waals surface area contributed by atoms with Gasteiger partial charge in [-0.15, -0.1) is 0 Å². The minimum absolute atomic E-state index is 0.266. The van der Waals surface area contributed by atoms with Gasteiger partial charge in [-0.3, -0.25) is 9.59 Å². The quantitative estimate of drug-likeness (QED) is 0.0644. The first-order valence-corrected chi connectivity index (χ1v) is 39.6. The molecule has 8 fully saturated rings. The average Bonchev–Trinajstić information content (AvgIpc) is 3.57. The summed E-state index contributed by atoms with van der Waals surface area (Å²) in [6, 6.07) is 0.545. The van der Waals surface area contributed by atoms with Crippen LogP contribution in [0.3, 0.4) is 0 Å². The standard InChI is InChI=1S/C80H144N2O2/c1-7-9-11-13-15-17-19-21-24-28-59(3)54-79(83)81-77-57-74(33-32-61(77)5)76-58-75(62(6)56-78(76)82-80(84)55-60(4)29-25-22-20-18-16-14-12-10-8-2)73-52-50-72(51-53-73)71-48-46-70(47-49-71)69-44-42-68(43-45-69)67-40-38-66(39-41-67)65-36-34-64(35-37-65)63-30-26-23-27-31-63/h59-78H,7-58H2,1-6H3,(H,81,83)(H,82,84)/t59-,60-,61?,62?,64?,65?,66?,67?,68?,69?,70?,71?,72?,73?,74?,75?,76?,77?,78?/m0/s1. The molecule has 4 heteroatoms. The molecule has 0 aliphatic heterocycles. The third kappa shape index (κ3) is 22.4. The zero-order chi connectivity index (χ0) is 58.9. The van der Waals surface area contributed by atoms with Gasteiger partial charge in [-0.05, 0) is 267 Å². The normalized spacial score (nSPS) is 36.4. The molecule has 7 unspecified atom stereocenters. The molecular weight excluding hydrogens is 1020 g/mol. The largest absolute Gasteiger partial charge is 0.353 e. The van der Waals surface area contributed by atoms with Crippen LogP contribution >= 0.6 is 0 Å². The SMILES string of the molecule is CCCCCCCCCCC[C@H](C)CC(=O)NC1CC(C2CC(C3CCC(C4CCC(C5CCC(C6CCC(C7CCC(C8CCCCC8)CC7)CC6)CC5)CC4)CC3)C(C)CC2NC(=O)C[C@@H](C)CCCCCCCCCCC)CCC1C. The monoisotopic (exact) mass is 1170 g/mol. The highest BCUT2D eigenvalue weighted by Gasteiger charge is 2.46. The highest BCUT2D eigenvalue weighted by molar-refractivity contribution is 5.77. The lowest BCUT2D eigenvalue weighted by Crippen LogP contribution is -2.52. The first kappa shape index (κ1) is 68.8. The summed E-state index contributed by atoms with van der Waals surface area (Å²) >= 11 is 0. The predicted octanol–water partition coefficient (Wildman–Crippen LogP) is 23.6. The smallest absolute Gasteiger partial charge is 0.220 e. The van der Waals surface area contributed by atoms with Crippen molar-refractivity contribution >= 4 is 11.8 Å². The second-order valence-electron chi connectivity index (χ2n) is 33.3. The molecule has 0 bridgehead atoms. The van der Waals surface area contributed by atoms with E-state index in [1.165, 1.54) is 205 Å². The minimum Gasteiger partial charge on any atom is -0.353 e. The summed E-state index contributed by atoms with van der Waals surface area (Å²) in [5.41, 5.74) is 0. The molecule has 486 valence electrons. The van der Waals surface area contributed by atoms with Crippen LogP contribution in [0.2, 0.25) is 0 Å². The molecule has 2 amide bonds. The Morgan fingerprint density at radius 1 is 0.310 bits per heavy atom. The van der Waals surface area contributed by atoms with Crippen molar-refractivity contribution in [3.8, 4) is 0 Å². The van der Waals surface area contributed by atoms with E-state index in [0.717, 1.165) is 83.9 Å². The molecule has 8 saturated carbocycles. The van der Waals surface area contributed by atoms with Crippen LogP contribution in [0.4, 0.5) is 0 Å². The summed E-state index contributed by atoms with van der Waals surface area (Å²) in [5, 5.41) is 7.48. The molecule has 0 radical (unpaired) electrons. The van der Waals surface area contributed by atoms with E-state index in [2.05, 4.69) is 52.2 Å². The third-order valence-electron chi connectivity index (χ3n) is 27.3. The lowest BCUT2D eigenvalue weighted by atomic mass is 9.58. The van der Waals surface area contributed by atoms with Crippen LogP contribution in [0.1, 0.15) is 375 Å². The third-order valence-corrected chi connectivity index (χ3v) is 27.3. The molecule has 0 aromatic heterocycles. The van der Waals surface area contributed by atoms with E-state index in [1.54, 1.807) is 103 Å². The fraction of sp³-hybridized carbons (Fsp3) is 0.975. The van der Waals surface area contributed by atoms with Crippen LogP contribution in [-0.4, -0.2) is 23.9 Å². The van der Waals surface area contributed by atoms with Crippen LogP contribution in [-0.2, 0) is 9.59 Å². The van der Waals surface area contributed by atoms with Crippen molar-refractivity contribution in [2.45, 2.75) is 388 Å². The van der Waals surface area contributed by atoms with Crippen molar-refractivity contribution in [1.82, 2.24) is 10.6 Å². The summed E-state index contributed by atoms with van der Waals surface area (Å²) < 4.78 is 0. The highest BCUT2D eigenvalue weighted by Crippen LogP contribution is 2.53. The van der Waals surface area contributed by atoms with Crippen LogP contribution in [0.25, 0.3) is 0 Å². The molecule has 8 rings (SSSR count). The van der Waals surface area contributed by atoms with Crippen LogP contribution in [0.5, 0.6) is 0 Å². The average molecular weight is 1170 g/mol. The maximum atomic E-state index is 14.1. The van der Waals surface area contributed by atoms with E-state index < -0.39 is 0 Å². The van der Waals surface area contributed by atoms with Gasteiger partial charge in [-0.2, -0.15) is 0 Å². The second kappa shape index (κ2) is 37.9. The van der Waals surface area contributed by atoms with Crippen molar-refractivity contribution in [1.29, 1.82) is 0 Å². The van der Waals surface area contributed by atoms with Crippen molar-refractivity contribution in [3.63, 3.8) is 0 Å². The first-order valence-electron chi connectivity index (χ1n) is 39.6. The van der Waals surface area contributed by atoms with Gasteiger partial charge < -0.3 is 10.6 Å². The Morgan fingerprint density at radius 3 is 0.988 bits per heavy atom. The van der Waals surface area contributed by atoms with E-state index >= 15 is 0 Å². The van der Waals surface area contributed by atoms with Crippen molar-refractivity contribution < 1.29 is 9.59 Å². The van der Waals surface area contributed by atoms with E-state index in [1.807, 2.05) is 0 Å². The maximum absolute atomic E-state index is 14.1. The van der Waals surface area contributed by atoms with Gasteiger partial charge >= 0.3 is 0 Å². The maximum Gasteiger partial charge on any atom is 0.220 e. The molecule has 0 saturated heterocycles. The highest BCUT2D eigenvalue weighted by atomic mass is 16.2. The van der Waals surface area contributed by atoms with Gasteiger partial charge in [0.05, 0.1) is 0 Å². The lowest BCUT2D eigenvalue weighted by molar-refractivity contribution is -0.124. The summed E-state index contributed by atoms with van der Waals surface area (Å²) in [7, 11) is 0. The van der Waals surface area contributed by atoms with Gasteiger partial charge in [-0.25, -0.2) is 0 Å². The molecule has 0 spiro atoms. The number of unbranched alkanes of at least 4 members (excludes halogenated alkanes) is 16. The molecule has 0 heterocycles. The second-order valence-corrected chi connectivity index (χ2v) is 33.3. The van der Waals surface area contributed by atoms with Gasteiger partial charge in [0.2, 0.25) is 11.8 Å². The number of hydrogen-bond donors (Lipinski definition) is 2. The Bertz CT molecular complexity index is 1730. The van der Waals surface area contributed by atoms with Gasteiger partial charge in [0.15, 0.2) is 0 Å². The molecule has 0 aromatic rings. The van der Waals surface area contributed by atoms with E-state index in [0.29, 0.717) is 60.2 Å². The van der Waals surface area contributed by atoms with Crippen LogP contribution in [0, 0.1) is 107 Å². The van der Waals surface area contributed by atoms with E-state index in [9.17, 15) is 9.59 Å². The Kier molecular flexibility index (Phi) is 31.1. The molecule has 8 aliphatic carbocycles. The van der Waals surface area contributed by atoms with Gasteiger partial charge in [0, 0.05) is 24.9 Å². The zero-order valence-corrected chi connectivity index (χ0v) is 57.1. The predicted molar refractivity (Wildman–Crippen MR) is 361 cm³/mol. The van der Waals surface area contributed by atoms with Crippen LogP contribution in [0.15, 0.2) is 0 Å². The number of rotatable bonds is 33. The summed E-state index contributed by atoms with van der Waals surface area (Å²) in [6.07, 6.45) is 72.8. The Balaban J connectivity index is 0.762. The topological polar surface area (TPSA) is 58.2 Å². The Labute approximate surface area is 523 Å². The van der Waals surface area contributed by atoms with Crippen molar-refractivity contribution in [3.05, 3.63) is 0 Å². The number of carbonyl (C=O) groups excluding carboxylic acids is 2. The Hall–Kier alpha value is -1.06. The van der Waals surface area contributed by atoms with Gasteiger partial charge in [0.1, 0.15) is 0 Å². The van der Waals surface area contributed by atoms with Gasteiger partial charge in [0.25, 0.3) is 0 Å². The molecule has 8 aliphatic rings. The Morgan fingerprint density at radius 2 is 0.619 bits per heavy atom. The summed E-state index contributed by atoms with van der Waals surface area (Å²) in [6.45, 7) is 14.3. The minimum atomic E-state index is 0.266. The molecule has 2 N–H and O–H groups in total. The lowest BCUT2D eigenvalue weighted by Gasteiger charge is -2.50. The number of hydrogen-bond acceptors (Lipinski definition) is 2. The molecule has 4 nitrogen and oxygen atoms in total. The number of nitrogens with one attached hydrogen (secondary N) is 2. The van der Waals surface area contributed by atoms with Crippen molar-refractivity contribution in [2.24, 2.45) is 107 Å². The first-order chi connectivity index (χ1) is 41.0. The number of carbonyl (C=O) groups is 2. The molecule has 84 heavy (non-hydrogen) atoms. The fourth-order valence-electron chi connectivity index (χ4n) is 21.7. The molecular formula is C80H144N2O2. The van der Waals surface area contributed by atoms with E-state index in [4.69, 9.17) is 0 Å². The van der Waals surface area contributed by atoms with Crippen LogP contribution < -0.4 is 10.6 Å². The number of amides is 2. The summed E-state index contributed by atoms with van der Waals surface area (Å²) in [5.74, 6) is 16.0. The molecule has 9 atom stereocenters.